The minimum absolute atomic E-state index is 0. The van der Waals surface area contributed by atoms with Crippen molar-refractivity contribution in [2.75, 3.05) is 0 Å². The largest absolute Gasteiger partial charge is 1.00 e. The summed E-state index contributed by atoms with van der Waals surface area (Å²) in [4.78, 5) is 10.9. The average molecular weight is 296 g/mol. The molecule has 1 aliphatic rings. The van der Waals surface area contributed by atoms with Gasteiger partial charge in [-0.1, -0.05) is 11.6 Å². The molecule has 3 nitrogen and oxygen atoms in total. The standard InChI is InChI=1S/C13H11F3O3.Na.H/c1-6-3-7(2)10-8(4-6)5-9(12(17)18)11(19-10)13(14,15)16;;/h3-5,11H,1-2H3,(H,17,18);;/q;+1;-1/t11-;;/m0../s1. The van der Waals surface area contributed by atoms with Crippen molar-refractivity contribution in [1.82, 2.24) is 0 Å². The molecular weight excluding hydrogens is 284 g/mol. The van der Waals surface area contributed by atoms with Gasteiger partial charge in [0.1, 0.15) is 5.75 Å². The van der Waals surface area contributed by atoms with Crippen molar-refractivity contribution in [2.24, 2.45) is 0 Å². The van der Waals surface area contributed by atoms with Crippen LogP contribution in [-0.4, -0.2) is 23.4 Å². The summed E-state index contributed by atoms with van der Waals surface area (Å²) in [7, 11) is 0. The molecule has 104 valence electrons. The molecule has 2 rings (SSSR count). The van der Waals surface area contributed by atoms with Crippen LogP contribution in [0.25, 0.3) is 6.08 Å². The van der Waals surface area contributed by atoms with Crippen molar-refractivity contribution in [3.8, 4) is 5.75 Å². The summed E-state index contributed by atoms with van der Waals surface area (Å²) in [6, 6.07) is 3.28. The van der Waals surface area contributed by atoms with Gasteiger partial charge in [0.2, 0.25) is 6.10 Å². The van der Waals surface area contributed by atoms with Crippen LogP contribution in [0.3, 0.4) is 0 Å². The van der Waals surface area contributed by atoms with Crippen LogP contribution in [0.4, 0.5) is 13.2 Å². The van der Waals surface area contributed by atoms with Crippen molar-refractivity contribution in [1.29, 1.82) is 0 Å². The first-order valence-corrected chi connectivity index (χ1v) is 5.49. The SMILES string of the molecule is Cc1cc(C)c2c(c1)C=C(C(=O)O)[C@@H](C(F)(F)F)O2.[H-].[Na+]. The van der Waals surface area contributed by atoms with Crippen LogP contribution < -0.4 is 34.3 Å². The molecule has 0 saturated carbocycles. The topological polar surface area (TPSA) is 46.5 Å². The van der Waals surface area contributed by atoms with Gasteiger partial charge < -0.3 is 11.3 Å². The molecule has 0 saturated heterocycles. The van der Waals surface area contributed by atoms with Crippen LogP contribution >= 0.6 is 0 Å². The Morgan fingerprint density at radius 2 is 1.95 bits per heavy atom. The summed E-state index contributed by atoms with van der Waals surface area (Å²) in [5.41, 5.74) is 0.927. The van der Waals surface area contributed by atoms with Crippen LogP contribution in [0.15, 0.2) is 17.7 Å². The summed E-state index contributed by atoms with van der Waals surface area (Å²) in [6.07, 6.45) is -6.17. The summed E-state index contributed by atoms with van der Waals surface area (Å²) in [5, 5.41) is 8.89. The third-order valence-corrected chi connectivity index (χ3v) is 2.82. The van der Waals surface area contributed by atoms with E-state index in [2.05, 4.69) is 0 Å². The molecule has 1 atom stereocenters. The maximum Gasteiger partial charge on any atom is 1.00 e. The second-order valence-corrected chi connectivity index (χ2v) is 4.44. The molecule has 0 amide bonds. The number of alkyl halides is 3. The van der Waals surface area contributed by atoms with Crippen molar-refractivity contribution < 1.29 is 58.8 Å². The first-order valence-electron chi connectivity index (χ1n) is 5.49. The van der Waals surface area contributed by atoms with Gasteiger partial charge in [-0.15, -0.1) is 0 Å². The van der Waals surface area contributed by atoms with E-state index in [9.17, 15) is 18.0 Å². The zero-order valence-corrected chi connectivity index (χ0v) is 13.2. The molecule has 0 spiro atoms. The van der Waals surface area contributed by atoms with E-state index < -0.39 is 23.8 Å². The molecule has 0 aliphatic carbocycles. The van der Waals surface area contributed by atoms with Gasteiger partial charge in [0.05, 0.1) is 5.57 Å². The third kappa shape index (κ3) is 3.19. The van der Waals surface area contributed by atoms with E-state index in [1.54, 1.807) is 26.0 Å². The molecule has 0 radical (unpaired) electrons. The smallest absolute Gasteiger partial charge is 1.00 e. The Morgan fingerprint density at radius 1 is 1.35 bits per heavy atom. The van der Waals surface area contributed by atoms with Gasteiger partial charge in [0.25, 0.3) is 0 Å². The fourth-order valence-electron chi connectivity index (χ4n) is 2.10. The summed E-state index contributed by atoms with van der Waals surface area (Å²) < 4.78 is 43.4. The predicted molar refractivity (Wildman–Crippen MR) is 63.1 cm³/mol. The van der Waals surface area contributed by atoms with Crippen LogP contribution in [0.1, 0.15) is 18.1 Å². The fourth-order valence-corrected chi connectivity index (χ4v) is 2.10. The normalized spacial score (nSPS) is 17.4. The van der Waals surface area contributed by atoms with Crippen molar-refractivity contribution in [3.05, 3.63) is 34.4 Å². The van der Waals surface area contributed by atoms with Gasteiger partial charge in [-0.2, -0.15) is 13.2 Å². The van der Waals surface area contributed by atoms with Crippen molar-refractivity contribution in [2.45, 2.75) is 26.1 Å². The molecule has 7 heteroatoms. The molecule has 20 heavy (non-hydrogen) atoms. The quantitative estimate of drug-likeness (QED) is 0.754. The molecule has 1 N–H and O–H groups in total. The van der Waals surface area contributed by atoms with Crippen molar-refractivity contribution >= 4 is 12.0 Å². The first kappa shape index (κ1) is 17.1. The van der Waals surface area contributed by atoms with Crippen LogP contribution in [0, 0.1) is 13.8 Å². The molecular formula is C13H12F3NaO3. The minimum atomic E-state index is -4.76. The Labute approximate surface area is 137 Å². The number of aryl methyl sites for hydroxylation is 2. The Kier molecular flexibility index (Phi) is 4.94. The van der Waals surface area contributed by atoms with E-state index in [0.717, 1.165) is 11.6 Å². The summed E-state index contributed by atoms with van der Waals surface area (Å²) in [6.45, 7) is 3.40. The van der Waals surface area contributed by atoms with Gasteiger partial charge in [-0.05, 0) is 31.6 Å². The first-order chi connectivity index (χ1) is 8.70. The number of aliphatic carboxylic acids is 1. The number of carboxylic acid groups (broad SMARTS) is 1. The Bertz CT molecular complexity index is 585. The number of benzene rings is 1. The number of carboxylic acids is 1. The zero-order valence-electron chi connectivity index (χ0n) is 12.2. The maximum atomic E-state index is 12.8. The predicted octanol–water partition coefficient (Wildman–Crippen LogP) is 0.211. The number of ether oxygens (including phenoxy) is 1. The van der Waals surface area contributed by atoms with E-state index >= 15 is 0 Å². The monoisotopic (exact) mass is 296 g/mol. The molecule has 1 aromatic rings. The fraction of sp³-hybridized carbons (Fsp3) is 0.308. The summed E-state index contributed by atoms with van der Waals surface area (Å²) in [5.74, 6) is -1.55. The molecule has 1 aliphatic heterocycles. The minimum Gasteiger partial charge on any atom is -1.00 e. The molecule has 0 fully saturated rings. The number of hydrogen-bond acceptors (Lipinski definition) is 2. The Morgan fingerprint density at radius 3 is 2.45 bits per heavy atom. The van der Waals surface area contributed by atoms with Crippen molar-refractivity contribution in [3.63, 3.8) is 0 Å². The Hall–Kier alpha value is -0.980. The van der Waals surface area contributed by atoms with E-state index in [-0.39, 0.29) is 36.7 Å². The van der Waals surface area contributed by atoms with Gasteiger partial charge in [-0.3, -0.25) is 0 Å². The summed E-state index contributed by atoms with van der Waals surface area (Å²) >= 11 is 0. The van der Waals surface area contributed by atoms with E-state index in [0.29, 0.717) is 11.1 Å². The van der Waals surface area contributed by atoms with E-state index in [4.69, 9.17) is 9.84 Å². The molecule has 1 aromatic carbocycles. The van der Waals surface area contributed by atoms with E-state index in [1.165, 1.54) is 0 Å². The van der Waals surface area contributed by atoms with Crippen LogP contribution in [0.5, 0.6) is 5.75 Å². The number of halogens is 3. The average Bonchev–Trinajstić information content (AvgIpc) is 2.25. The molecule has 1 heterocycles. The number of rotatable bonds is 1. The van der Waals surface area contributed by atoms with Crippen LogP contribution in [-0.2, 0) is 4.79 Å². The third-order valence-electron chi connectivity index (χ3n) is 2.82. The molecule has 0 unspecified atom stereocenters. The second kappa shape index (κ2) is 5.79. The van der Waals surface area contributed by atoms with Gasteiger partial charge in [-0.25, -0.2) is 4.79 Å². The number of hydrogen-bond donors (Lipinski definition) is 1. The molecule has 0 bridgehead atoms. The zero-order chi connectivity index (χ0) is 14.4. The van der Waals surface area contributed by atoms with E-state index in [1.807, 2.05) is 0 Å². The van der Waals surface area contributed by atoms with Gasteiger partial charge in [0.15, 0.2) is 0 Å². The Balaban J connectivity index is 0.00000200. The van der Waals surface area contributed by atoms with Crippen LogP contribution in [0.2, 0.25) is 0 Å². The van der Waals surface area contributed by atoms with Gasteiger partial charge >= 0.3 is 41.7 Å². The number of carbonyl (C=O) groups is 1. The second-order valence-electron chi connectivity index (χ2n) is 4.44. The van der Waals surface area contributed by atoms with Gasteiger partial charge in [0, 0.05) is 5.56 Å². The maximum absolute atomic E-state index is 12.8. The molecule has 0 aromatic heterocycles. The number of fused-ring (bicyclic) bond motifs is 1.